The second kappa shape index (κ2) is 11.5. The van der Waals surface area contributed by atoms with Gasteiger partial charge < -0.3 is 14.5 Å². The molecule has 1 N–H and O–H groups in total. The van der Waals surface area contributed by atoms with Crippen LogP contribution in [-0.2, 0) is 29.7 Å². The molecule has 39 heavy (non-hydrogen) atoms. The Morgan fingerprint density at radius 1 is 1.05 bits per heavy atom. The van der Waals surface area contributed by atoms with Crippen molar-refractivity contribution in [2.45, 2.75) is 70.1 Å². The molecule has 1 aliphatic heterocycles. The highest BCUT2D eigenvalue weighted by Gasteiger charge is 2.40. The first-order valence-corrected chi connectivity index (χ1v) is 15.0. The van der Waals surface area contributed by atoms with E-state index in [1.807, 2.05) is 12.1 Å². The van der Waals surface area contributed by atoms with Crippen molar-refractivity contribution >= 4 is 15.9 Å². The second-order valence-electron chi connectivity index (χ2n) is 10.7. The number of aryl methyl sites for hydroxylation is 2. The fraction of sp³-hybridized carbons (Fsp3) is 0.433. The number of benzene rings is 2. The maximum absolute atomic E-state index is 13.7. The van der Waals surface area contributed by atoms with Gasteiger partial charge in [0.1, 0.15) is 17.8 Å². The van der Waals surface area contributed by atoms with Gasteiger partial charge in [0.25, 0.3) is 5.91 Å². The molecule has 0 unspecified atom stereocenters. The Kier molecular flexibility index (Phi) is 8.11. The van der Waals surface area contributed by atoms with E-state index in [1.165, 1.54) is 29.0 Å². The van der Waals surface area contributed by atoms with Gasteiger partial charge in [0, 0.05) is 19.1 Å². The molecule has 2 aliphatic rings. The maximum atomic E-state index is 13.7. The molecule has 0 atom stereocenters. The lowest BCUT2D eigenvalue weighted by Crippen LogP contribution is -2.33. The molecule has 2 heterocycles. The van der Waals surface area contributed by atoms with E-state index in [2.05, 4.69) is 22.3 Å². The molecule has 8 nitrogen and oxygen atoms in total. The molecule has 2 aromatic carbocycles. The van der Waals surface area contributed by atoms with Crippen molar-refractivity contribution in [2.75, 3.05) is 20.2 Å². The summed E-state index contributed by atoms with van der Waals surface area (Å²) >= 11 is 0. The van der Waals surface area contributed by atoms with E-state index in [0.717, 1.165) is 38.0 Å². The van der Waals surface area contributed by atoms with Crippen LogP contribution in [0.3, 0.4) is 0 Å². The molecule has 1 saturated heterocycles. The third kappa shape index (κ3) is 6.37. The van der Waals surface area contributed by atoms with E-state index in [9.17, 15) is 13.2 Å². The Labute approximate surface area is 231 Å². The molecule has 3 aromatic rings. The lowest BCUT2D eigenvalue weighted by atomic mass is 10.1. The van der Waals surface area contributed by atoms with E-state index in [1.54, 1.807) is 39.2 Å². The third-order valence-corrected chi connectivity index (χ3v) is 9.70. The summed E-state index contributed by atoms with van der Waals surface area (Å²) in [6, 6.07) is 13.4. The smallest absolute Gasteiger partial charge is 0.254 e. The van der Waals surface area contributed by atoms with Crippen LogP contribution in [0.15, 0.2) is 58.0 Å². The number of sulfonamides is 1. The van der Waals surface area contributed by atoms with Crippen LogP contribution in [0, 0.1) is 13.8 Å². The van der Waals surface area contributed by atoms with E-state index < -0.39 is 10.0 Å². The second-order valence-corrected chi connectivity index (χ2v) is 12.5. The quantitative estimate of drug-likeness (QED) is 0.369. The van der Waals surface area contributed by atoms with Gasteiger partial charge in [-0.15, -0.1) is 0 Å². The number of amides is 1. The minimum Gasteiger partial charge on any atom is -0.497 e. The first-order valence-electron chi connectivity index (χ1n) is 13.6. The van der Waals surface area contributed by atoms with Crippen LogP contribution < -0.4 is 10.1 Å². The molecule has 0 bridgehead atoms. The monoisotopic (exact) mass is 551 g/mol. The average Bonchev–Trinajstić information content (AvgIpc) is 3.40. The van der Waals surface area contributed by atoms with Gasteiger partial charge in [0.15, 0.2) is 0 Å². The maximum Gasteiger partial charge on any atom is 0.254 e. The zero-order valence-corrected chi connectivity index (χ0v) is 23.7. The number of furan rings is 1. The fourth-order valence-corrected chi connectivity index (χ4v) is 7.37. The number of nitrogens with one attached hydrogen (secondary N) is 1. The Hall–Kier alpha value is -3.14. The molecular weight excluding hydrogens is 514 g/mol. The number of carbonyl (C=O) groups excluding carboxylic acids is 1. The van der Waals surface area contributed by atoms with Crippen molar-refractivity contribution in [2.24, 2.45) is 0 Å². The van der Waals surface area contributed by atoms with Gasteiger partial charge in [-0.05, 0) is 93.1 Å². The highest BCUT2D eigenvalue weighted by molar-refractivity contribution is 7.89. The predicted octanol–water partition coefficient (Wildman–Crippen LogP) is 4.78. The number of likely N-dealkylation sites (tertiary alicyclic amines) is 1. The summed E-state index contributed by atoms with van der Waals surface area (Å²) in [5.74, 6) is 0.807. The summed E-state index contributed by atoms with van der Waals surface area (Å²) in [6.07, 6.45) is 5.55. The average molecular weight is 552 g/mol. The standard InChI is InChI=1S/C30H37N3O5S/c1-21-14-27(37-3)15-22(2)29(21)39(35,36)33(26-10-11-26)19-28-16-25(20-38-28)30(34)31-17-23-6-8-24(9-7-23)18-32-12-4-5-13-32/h6-9,14-16,20,26H,4-5,10-13,17-19H2,1-3H3,(H,31,34). The van der Waals surface area contributed by atoms with Gasteiger partial charge in [-0.2, -0.15) is 4.31 Å². The van der Waals surface area contributed by atoms with Gasteiger partial charge in [0.05, 0.1) is 24.1 Å². The largest absolute Gasteiger partial charge is 0.497 e. The summed E-state index contributed by atoms with van der Waals surface area (Å²) in [6.45, 7) is 7.33. The van der Waals surface area contributed by atoms with E-state index in [0.29, 0.717) is 39.6 Å². The normalized spacial score (nSPS) is 16.1. The SMILES string of the molecule is COc1cc(C)c(S(=O)(=O)N(Cc2cc(C(=O)NCc3ccc(CN4CCCC4)cc3)co2)C2CC2)c(C)c1. The number of carbonyl (C=O) groups is 1. The molecule has 0 spiro atoms. The van der Waals surface area contributed by atoms with E-state index in [4.69, 9.17) is 9.15 Å². The van der Waals surface area contributed by atoms with Crippen molar-refractivity contribution in [3.05, 3.63) is 82.3 Å². The van der Waals surface area contributed by atoms with Crippen LogP contribution in [0.4, 0.5) is 0 Å². The molecule has 1 amide bonds. The van der Waals surface area contributed by atoms with Crippen molar-refractivity contribution < 1.29 is 22.4 Å². The summed E-state index contributed by atoms with van der Waals surface area (Å²) in [7, 11) is -2.21. The minimum absolute atomic E-state index is 0.0731. The fourth-order valence-electron chi connectivity index (χ4n) is 5.31. The zero-order chi connectivity index (χ0) is 27.6. The highest BCUT2D eigenvalue weighted by Crippen LogP contribution is 2.36. The summed E-state index contributed by atoms with van der Waals surface area (Å²) in [4.78, 5) is 15.6. The Bertz CT molecular complexity index is 1400. The molecule has 2 fully saturated rings. The third-order valence-electron chi connectivity index (χ3n) is 7.50. The first-order chi connectivity index (χ1) is 18.7. The molecular formula is C30H37N3O5S. The Morgan fingerprint density at radius 2 is 1.69 bits per heavy atom. The van der Waals surface area contributed by atoms with E-state index in [-0.39, 0.29) is 18.5 Å². The molecule has 5 rings (SSSR count). The minimum atomic E-state index is -3.78. The van der Waals surface area contributed by atoms with Gasteiger partial charge in [0.2, 0.25) is 10.0 Å². The van der Waals surface area contributed by atoms with Crippen molar-refractivity contribution in [1.82, 2.24) is 14.5 Å². The summed E-state index contributed by atoms with van der Waals surface area (Å²) in [5, 5.41) is 2.94. The van der Waals surface area contributed by atoms with Gasteiger partial charge in [-0.3, -0.25) is 9.69 Å². The number of methoxy groups -OCH3 is 1. The lowest BCUT2D eigenvalue weighted by Gasteiger charge is -2.23. The van der Waals surface area contributed by atoms with Gasteiger partial charge in [-0.1, -0.05) is 24.3 Å². The van der Waals surface area contributed by atoms with Gasteiger partial charge >= 0.3 is 0 Å². The molecule has 0 radical (unpaired) electrons. The molecule has 1 aromatic heterocycles. The number of hydrogen-bond acceptors (Lipinski definition) is 6. The first kappa shape index (κ1) is 27.4. The molecule has 1 saturated carbocycles. The van der Waals surface area contributed by atoms with E-state index >= 15 is 0 Å². The molecule has 1 aliphatic carbocycles. The van der Waals surface area contributed by atoms with Crippen molar-refractivity contribution in [1.29, 1.82) is 0 Å². The van der Waals surface area contributed by atoms with Crippen LogP contribution >= 0.6 is 0 Å². The van der Waals surface area contributed by atoms with Crippen LogP contribution in [0.5, 0.6) is 5.75 Å². The molecule has 208 valence electrons. The van der Waals surface area contributed by atoms with Crippen LogP contribution in [0.2, 0.25) is 0 Å². The Balaban J connectivity index is 1.22. The van der Waals surface area contributed by atoms with Crippen LogP contribution in [0.25, 0.3) is 0 Å². The van der Waals surface area contributed by atoms with Crippen LogP contribution in [-0.4, -0.2) is 49.8 Å². The number of ether oxygens (including phenoxy) is 1. The number of nitrogens with zero attached hydrogens (tertiary/aromatic N) is 2. The predicted molar refractivity (Wildman–Crippen MR) is 149 cm³/mol. The summed E-state index contributed by atoms with van der Waals surface area (Å²) < 4.78 is 39.9. The van der Waals surface area contributed by atoms with Crippen LogP contribution in [0.1, 0.15) is 64.1 Å². The zero-order valence-electron chi connectivity index (χ0n) is 22.9. The Morgan fingerprint density at radius 3 is 2.31 bits per heavy atom. The van der Waals surface area contributed by atoms with Crippen molar-refractivity contribution in [3.8, 4) is 5.75 Å². The highest BCUT2D eigenvalue weighted by atomic mass is 32.2. The summed E-state index contributed by atoms with van der Waals surface area (Å²) in [5.41, 5.74) is 3.96. The van der Waals surface area contributed by atoms with Crippen molar-refractivity contribution in [3.63, 3.8) is 0 Å². The number of hydrogen-bond donors (Lipinski definition) is 1. The topological polar surface area (TPSA) is 92.1 Å². The van der Waals surface area contributed by atoms with Gasteiger partial charge in [-0.25, -0.2) is 8.42 Å². The number of rotatable bonds is 11. The lowest BCUT2D eigenvalue weighted by molar-refractivity contribution is 0.0950. The molecule has 9 heteroatoms.